The first-order valence-electron chi connectivity index (χ1n) is 35.4. The summed E-state index contributed by atoms with van der Waals surface area (Å²) < 4.78 is 2.16. The Hall–Kier alpha value is -10.5. The van der Waals surface area contributed by atoms with Crippen LogP contribution in [0.5, 0.6) is 0 Å². The molecule has 0 aliphatic carbocycles. The quantitative estimate of drug-likeness (QED) is 0.127. The summed E-state index contributed by atoms with van der Waals surface area (Å²) in [5.41, 5.74) is 17.4. The monoisotopic (exact) mass is 1400 g/mol. The van der Waals surface area contributed by atoms with E-state index in [1.807, 2.05) is 74.2 Å². The van der Waals surface area contributed by atoms with E-state index >= 15 is 0 Å². The van der Waals surface area contributed by atoms with E-state index in [-0.39, 0.29) is 43.4 Å². The maximum Gasteiger partial charge on any atom is 0.143 e. The van der Waals surface area contributed by atoms with E-state index in [9.17, 15) is 0 Å². The third kappa shape index (κ3) is 20.0. The lowest BCUT2D eigenvalue weighted by molar-refractivity contribution is 0.385. The largest absolute Gasteiger partial charge is 0.346 e. The predicted octanol–water partition coefficient (Wildman–Crippen LogP) is 18.1. The molecular weight excluding hydrogens is 1300 g/mol. The summed E-state index contributed by atoms with van der Waals surface area (Å²) in [5.74, 6) is 2.10. The Kier molecular flexibility index (Phi) is 23.3. The van der Waals surface area contributed by atoms with Crippen LogP contribution < -0.4 is 0 Å². The van der Waals surface area contributed by atoms with Crippen molar-refractivity contribution in [2.45, 2.75) is 224 Å². The van der Waals surface area contributed by atoms with Crippen LogP contribution in [0.3, 0.4) is 0 Å². The Morgan fingerprint density at radius 1 is 0.442 bits per heavy atom. The molecule has 1 unspecified atom stereocenters. The summed E-state index contributed by atoms with van der Waals surface area (Å²) in [6, 6.07) is 10.3. The first-order valence-corrected chi connectivity index (χ1v) is 35.4. The number of aliphatic imine (C=N–C) groups is 4. The second-order valence-electron chi connectivity index (χ2n) is 34.3. The van der Waals surface area contributed by atoms with Crippen LogP contribution in [0.1, 0.15) is 223 Å². The van der Waals surface area contributed by atoms with Gasteiger partial charge >= 0.3 is 0 Å². The van der Waals surface area contributed by atoms with Crippen LogP contribution in [0.15, 0.2) is 144 Å². The number of H-pyrrole nitrogens is 3. The topological polar surface area (TPSA) is 295 Å². The minimum atomic E-state index is 0.0132. The molecule has 0 radical (unpaired) electrons. The molecule has 0 amide bonds. The van der Waals surface area contributed by atoms with Crippen molar-refractivity contribution in [2.24, 2.45) is 30.8 Å². The van der Waals surface area contributed by atoms with Crippen LogP contribution in [0.25, 0.3) is 44.1 Å². The summed E-state index contributed by atoms with van der Waals surface area (Å²) in [5, 5.41) is 4.47. The molecule has 12 aromatic rings. The standard InChI is InChI=1S/C11H14N2.7C10H13N3/c1-11(2,3)9-5-7-13-10-8(9)4-6-12-10;1-10(2,3)7-4-12-8-5-11-6-13-9(7)8;1-10(2,3)9-4-7-8(13-9)5-11-6-12-7;1-10(2,3)8-4-7-5-11-6-12-9(7)13-8;1-10(2,3)13-5-4-8-6-11-7-12-9(8)13;1-10(2,3)9-8-7(4-5-11-8)12-6-13-9;1-10(2,3)9-12-6-8-7(13-9)4-5-11-8;1-10(2,3)9-12-6-7-4-5-11-8(7)13-9/h4-7H,1-3H3,(H,12,13);4-7H,1-3H3;5-6H,4H2,1-3H3;4-6H,1-3H3,(H,11,12,13);4-7H,1-3H3;2*5-6H,4H2,1-3H3;4-6H,1-3H3,(H,11,12,13). The molecule has 1 atom stereocenters. The Morgan fingerprint density at radius 2 is 1.06 bits per heavy atom. The van der Waals surface area contributed by atoms with E-state index in [4.69, 9.17) is 0 Å². The maximum atomic E-state index is 4.51. The second-order valence-corrected chi connectivity index (χ2v) is 34.3. The fraction of sp³-hybridized carbons (Fsp3) is 0.444. The van der Waals surface area contributed by atoms with Gasteiger partial charge in [-0.05, 0) is 67.5 Å². The predicted molar refractivity (Wildman–Crippen MR) is 422 cm³/mol. The third-order valence-corrected chi connectivity index (χ3v) is 17.1. The van der Waals surface area contributed by atoms with E-state index in [1.54, 1.807) is 44.0 Å². The molecular formula is C81H105N23. The number of fused-ring (bicyclic) bond motifs is 8. The zero-order valence-electron chi connectivity index (χ0n) is 65.4. The van der Waals surface area contributed by atoms with Crippen LogP contribution in [-0.4, -0.2) is 119 Å². The third-order valence-electron chi connectivity index (χ3n) is 17.1. The Balaban J connectivity index is 0.000000138. The van der Waals surface area contributed by atoms with Gasteiger partial charge in [-0.2, -0.15) is 0 Å². The van der Waals surface area contributed by atoms with Gasteiger partial charge in [0.1, 0.15) is 88.6 Å². The van der Waals surface area contributed by atoms with Crippen LogP contribution >= 0.6 is 0 Å². The first-order chi connectivity index (χ1) is 48.6. The molecule has 23 heteroatoms. The Bertz CT molecular complexity index is 4940. The molecule has 3 N–H and O–H groups in total. The van der Waals surface area contributed by atoms with Gasteiger partial charge in [0.15, 0.2) is 0 Å². The number of pyridine rings is 1. The van der Waals surface area contributed by atoms with E-state index < -0.39 is 0 Å². The van der Waals surface area contributed by atoms with Crippen molar-refractivity contribution < 1.29 is 0 Å². The number of aromatic amines is 3. The lowest BCUT2D eigenvalue weighted by Crippen LogP contribution is -2.20. The average Bonchev–Trinajstić information content (AvgIpc) is 1.59. The smallest absolute Gasteiger partial charge is 0.143 e. The van der Waals surface area contributed by atoms with Crippen molar-refractivity contribution >= 4 is 91.2 Å². The minimum Gasteiger partial charge on any atom is -0.346 e. The number of rotatable bonds is 0. The molecule has 104 heavy (non-hydrogen) atoms. The van der Waals surface area contributed by atoms with Gasteiger partial charge in [0, 0.05) is 153 Å². The molecule has 4 aliphatic rings. The summed E-state index contributed by atoms with van der Waals surface area (Å²) in [7, 11) is 0. The highest BCUT2D eigenvalue weighted by atomic mass is 15.1. The molecule has 0 bridgehead atoms. The summed E-state index contributed by atoms with van der Waals surface area (Å²) in [4.78, 5) is 89.8. The normalized spacial score (nSPS) is 14.3. The van der Waals surface area contributed by atoms with E-state index in [2.05, 4.69) is 305 Å². The number of aromatic nitrogens is 19. The maximum absolute atomic E-state index is 4.51. The molecule has 0 saturated carbocycles. The number of nitrogens with zero attached hydrogens (tertiary/aromatic N) is 20. The summed E-state index contributed by atoms with van der Waals surface area (Å²) >= 11 is 0. The van der Waals surface area contributed by atoms with Crippen molar-refractivity contribution in [2.75, 3.05) is 0 Å². The molecule has 16 rings (SSSR count). The highest BCUT2D eigenvalue weighted by molar-refractivity contribution is 5.96. The first kappa shape index (κ1) is 77.7. The van der Waals surface area contributed by atoms with Gasteiger partial charge in [0.05, 0.1) is 47.1 Å². The van der Waals surface area contributed by atoms with Crippen molar-refractivity contribution in [3.05, 3.63) is 175 Å². The van der Waals surface area contributed by atoms with Gasteiger partial charge in [-0.1, -0.05) is 145 Å². The van der Waals surface area contributed by atoms with Gasteiger partial charge in [-0.15, -0.1) is 0 Å². The molecule has 0 fully saturated rings. The van der Waals surface area contributed by atoms with E-state index in [0.29, 0.717) is 5.92 Å². The summed E-state index contributed by atoms with van der Waals surface area (Å²) in [6.45, 7) is 51.8. The van der Waals surface area contributed by atoms with Crippen molar-refractivity contribution in [1.82, 2.24) is 94.3 Å². The zero-order chi connectivity index (χ0) is 75.8. The lowest BCUT2D eigenvalue weighted by Gasteiger charge is -2.24. The van der Waals surface area contributed by atoms with Crippen LogP contribution in [0.2, 0.25) is 0 Å². The molecule has 12 aromatic heterocycles. The van der Waals surface area contributed by atoms with Crippen molar-refractivity contribution in [3.63, 3.8) is 0 Å². The van der Waals surface area contributed by atoms with Crippen LogP contribution in [0, 0.1) is 10.8 Å². The molecule has 4 aliphatic heterocycles. The zero-order valence-corrected chi connectivity index (χ0v) is 65.4. The minimum absolute atomic E-state index is 0.0132. The van der Waals surface area contributed by atoms with Gasteiger partial charge in [0.2, 0.25) is 0 Å². The molecule has 0 aromatic carbocycles. The van der Waals surface area contributed by atoms with Gasteiger partial charge in [-0.3, -0.25) is 20.0 Å². The van der Waals surface area contributed by atoms with Crippen molar-refractivity contribution in [1.29, 1.82) is 0 Å². The molecule has 0 saturated heterocycles. The van der Waals surface area contributed by atoms with Gasteiger partial charge < -0.3 is 19.5 Å². The Labute approximate surface area is 612 Å². The fourth-order valence-corrected chi connectivity index (χ4v) is 11.1. The number of hydrogen-bond donors (Lipinski definition) is 3. The lowest BCUT2D eigenvalue weighted by atomic mass is 9.80. The fourth-order valence-electron chi connectivity index (χ4n) is 11.1. The van der Waals surface area contributed by atoms with E-state index in [1.165, 1.54) is 22.4 Å². The van der Waals surface area contributed by atoms with Crippen LogP contribution in [0.4, 0.5) is 22.7 Å². The SMILES string of the molecule is CC(C)(C)C1=Nc2cncnc2C1.CC(C)(C)C1C=Nc2cncnc21.CC(C)(C)c1cc2cncnc2[nH]1.CC(C)(C)c1ccnc2[nH]ccc12.CC(C)(C)c1ncc2c(n1)CC=N2.CC(C)(C)c1ncc2cc[nH]c2n1.CC(C)(C)c1ncnc2c1N=CC2.CC(C)(C)n1ccc2cncnc21. The number of hydrogen-bond acceptors (Lipinski definition) is 19. The van der Waals surface area contributed by atoms with Gasteiger partial charge in [0.25, 0.3) is 0 Å². The number of nitrogens with one attached hydrogen (secondary N) is 3. The highest BCUT2D eigenvalue weighted by Gasteiger charge is 2.32. The molecule has 23 nitrogen and oxygen atoms in total. The highest BCUT2D eigenvalue weighted by Crippen LogP contribution is 2.41. The van der Waals surface area contributed by atoms with Crippen LogP contribution in [-0.2, 0) is 51.9 Å². The molecule has 16 heterocycles. The summed E-state index contributed by atoms with van der Waals surface area (Å²) in [6.07, 6.45) is 34.9. The second kappa shape index (κ2) is 31.3. The molecule has 0 spiro atoms. The Morgan fingerprint density at radius 3 is 1.71 bits per heavy atom. The van der Waals surface area contributed by atoms with E-state index in [0.717, 1.165) is 121 Å². The van der Waals surface area contributed by atoms with Gasteiger partial charge in [-0.25, -0.2) is 74.8 Å². The average molecular weight is 1400 g/mol. The molecule has 544 valence electrons. The van der Waals surface area contributed by atoms with Crippen molar-refractivity contribution in [3.8, 4) is 0 Å².